The lowest BCUT2D eigenvalue weighted by Crippen LogP contribution is -2.32. The first-order valence-electron chi connectivity index (χ1n) is 4.24. The monoisotopic (exact) mass is 156 g/mol. The summed E-state index contributed by atoms with van der Waals surface area (Å²) in [5, 5.41) is 9.56. The van der Waals surface area contributed by atoms with Crippen molar-refractivity contribution in [3.63, 3.8) is 0 Å². The highest BCUT2D eigenvalue weighted by atomic mass is 16.3. The molecule has 1 saturated carbocycles. The van der Waals surface area contributed by atoms with Crippen LogP contribution in [-0.4, -0.2) is 16.5 Å². The van der Waals surface area contributed by atoms with Gasteiger partial charge in [0.1, 0.15) is 5.78 Å². The lowest BCUT2D eigenvalue weighted by molar-refractivity contribution is -0.123. The molecule has 0 saturated heterocycles. The molecule has 0 unspecified atom stereocenters. The topological polar surface area (TPSA) is 37.3 Å². The highest BCUT2D eigenvalue weighted by Gasteiger charge is 2.30. The third kappa shape index (κ3) is 2.29. The predicted octanol–water partition coefficient (Wildman–Crippen LogP) is 1.52. The molecular weight excluding hydrogens is 140 g/mol. The Labute approximate surface area is 67.6 Å². The number of rotatable bonds is 1. The highest BCUT2D eigenvalue weighted by molar-refractivity contribution is 5.78. The highest BCUT2D eigenvalue weighted by Crippen LogP contribution is 2.31. The molecule has 0 atom stereocenters. The maximum absolute atomic E-state index is 10.9. The number of carbonyl (C=O) groups is 1. The molecule has 0 bridgehead atoms. The molecular formula is C9H16O2. The second kappa shape index (κ2) is 2.94. The Bertz CT molecular complexity index is 151. The Kier molecular flexibility index (Phi) is 2.33. The van der Waals surface area contributed by atoms with E-state index >= 15 is 0 Å². The van der Waals surface area contributed by atoms with Crippen molar-refractivity contribution in [1.82, 2.24) is 0 Å². The fraction of sp³-hybridized carbons (Fsp3) is 0.889. The molecule has 0 aliphatic heterocycles. The maximum atomic E-state index is 10.9. The van der Waals surface area contributed by atoms with Crippen molar-refractivity contribution in [1.29, 1.82) is 0 Å². The van der Waals surface area contributed by atoms with E-state index in [0.29, 0.717) is 0 Å². The average Bonchev–Trinajstić information content (AvgIpc) is 1.86. The van der Waals surface area contributed by atoms with Gasteiger partial charge in [-0.1, -0.05) is 0 Å². The van der Waals surface area contributed by atoms with E-state index in [4.69, 9.17) is 0 Å². The fourth-order valence-corrected chi connectivity index (χ4v) is 1.65. The zero-order valence-corrected chi connectivity index (χ0v) is 7.26. The number of hydrogen-bond acceptors (Lipinski definition) is 2. The van der Waals surface area contributed by atoms with Gasteiger partial charge in [0.25, 0.3) is 0 Å². The van der Waals surface area contributed by atoms with Gasteiger partial charge in [-0.05, 0) is 39.5 Å². The summed E-state index contributed by atoms with van der Waals surface area (Å²) in [6.45, 7) is 3.49. The second-order valence-electron chi connectivity index (χ2n) is 3.88. The third-order valence-electron chi connectivity index (χ3n) is 2.64. The minimum absolute atomic E-state index is 0.218. The zero-order chi connectivity index (χ0) is 8.48. The molecule has 1 fully saturated rings. The van der Waals surface area contributed by atoms with Crippen molar-refractivity contribution in [2.24, 2.45) is 5.92 Å². The second-order valence-corrected chi connectivity index (χ2v) is 3.88. The predicted molar refractivity (Wildman–Crippen MR) is 43.3 cm³/mol. The Morgan fingerprint density at radius 2 is 1.91 bits per heavy atom. The third-order valence-corrected chi connectivity index (χ3v) is 2.64. The zero-order valence-electron chi connectivity index (χ0n) is 7.26. The first-order chi connectivity index (χ1) is 5.01. The summed E-state index contributed by atoms with van der Waals surface area (Å²) in [5.41, 5.74) is -0.508. The molecule has 1 rings (SSSR count). The van der Waals surface area contributed by atoms with Gasteiger partial charge < -0.3 is 5.11 Å². The van der Waals surface area contributed by atoms with Crippen LogP contribution in [0.3, 0.4) is 0 Å². The first-order valence-corrected chi connectivity index (χ1v) is 4.24. The molecule has 0 heterocycles. The Morgan fingerprint density at radius 1 is 1.45 bits per heavy atom. The summed E-state index contributed by atoms with van der Waals surface area (Å²) in [7, 11) is 0. The van der Waals surface area contributed by atoms with Crippen molar-refractivity contribution < 1.29 is 9.90 Å². The molecule has 0 aromatic carbocycles. The van der Waals surface area contributed by atoms with Crippen LogP contribution in [0.1, 0.15) is 39.5 Å². The summed E-state index contributed by atoms with van der Waals surface area (Å²) in [4.78, 5) is 10.9. The van der Waals surface area contributed by atoms with Crippen LogP contribution < -0.4 is 0 Å². The minimum Gasteiger partial charge on any atom is -0.390 e. The van der Waals surface area contributed by atoms with E-state index in [9.17, 15) is 9.90 Å². The van der Waals surface area contributed by atoms with Crippen LogP contribution >= 0.6 is 0 Å². The molecule has 0 amide bonds. The Balaban J connectivity index is 2.42. The summed E-state index contributed by atoms with van der Waals surface area (Å²) < 4.78 is 0. The molecule has 0 aromatic rings. The van der Waals surface area contributed by atoms with Crippen LogP contribution in [0.15, 0.2) is 0 Å². The average molecular weight is 156 g/mol. The number of aliphatic hydroxyl groups is 1. The molecule has 1 N–H and O–H groups in total. The fourth-order valence-electron chi connectivity index (χ4n) is 1.65. The molecule has 0 spiro atoms. The van der Waals surface area contributed by atoms with Crippen molar-refractivity contribution in [2.75, 3.05) is 0 Å². The van der Waals surface area contributed by atoms with Crippen molar-refractivity contribution >= 4 is 5.78 Å². The Morgan fingerprint density at radius 3 is 2.27 bits per heavy atom. The van der Waals surface area contributed by atoms with E-state index < -0.39 is 5.60 Å². The van der Waals surface area contributed by atoms with Gasteiger partial charge in [-0.15, -0.1) is 0 Å². The number of ketones is 1. The van der Waals surface area contributed by atoms with Crippen LogP contribution in [-0.2, 0) is 4.79 Å². The van der Waals surface area contributed by atoms with Gasteiger partial charge in [0.15, 0.2) is 0 Å². The van der Waals surface area contributed by atoms with Gasteiger partial charge in [-0.2, -0.15) is 0 Å². The minimum atomic E-state index is -0.508. The van der Waals surface area contributed by atoms with Crippen LogP contribution in [0.25, 0.3) is 0 Å². The smallest absolute Gasteiger partial charge is 0.132 e. The lowest BCUT2D eigenvalue weighted by atomic mass is 9.78. The van der Waals surface area contributed by atoms with Gasteiger partial charge in [0, 0.05) is 5.92 Å². The van der Waals surface area contributed by atoms with Gasteiger partial charge in [0.2, 0.25) is 0 Å². The molecule has 0 radical (unpaired) electrons. The van der Waals surface area contributed by atoms with Gasteiger partial charge >= 0.3 is 0 Å². The normalized spacial score (nSPS) is 38.6. The van der Waals surface area contributed by atoms with Crippen LogP contribution in [0, 0.1) is 5.92 Å². The molecule has 1 aliphatic rings. The van der Waals surface area contributed by atoms with Gasteiger partial charge in [-0.25, -0.2) is 0 Å². The number of hydrogen-bond donors (Lipinski definition) is 1. The van der Waals surface area contributed by atoms with Crippen LogP contribution in [0.4, 0.5) is 0 Å². The summed E-state index contributed by atoms with van der Waals surface area (Å²) in [6.07, 6.45) is 3.28. The van der Waals surface area contributed by atoms with Crippen LogP contribution in [0.5, 0.6) is 0 Å². The largest absolute Gasteiger partial charge is 0.390 e. The van der Waals surface area contributed by atoms with E-state index in [0.717, 1.165) is 25.7 Å². The van der Waals surface area contributed by atoms with Crippen LogP contribution in [0.2, 0.25) is 0 Å². The first kappa shape index (κ1) is 8.72. The van der Waals surface area contributed by atoms with E-state index in [1.807, 2.05) is 6.92 Å². The van der Waals surface area contributed by atoms with E-state index in [1.54, 1.807) is 6.92 Å². The van der Waals surface area contributed by atoms with Gasteiger partial charge in [0.05, 0.1) is 5.60 Å². The van der Waals surface area contributed by atoms with Gasteiger partial charge in [-0.3, -0.25) is 4.79 Å². The SMILES string of the molecule is CC(=O)C1CCC(C)(O)CC1. The molecule has 0 aromatic heterocycles. The molecule has 2 heteroatoms. The Hall–Kier alpha value is -0.370. The maximum Gasteiger partial charge on any atom is 0.132 e. The summed E-state index contributed by atoms with van der Waals surface area (Å²) in [5.74, 6) is 0.496. The molecule has 2 nitrogen and oxygen atoms in total. The van der Waals surface area contributed by atoms with Crippen molar-refractivity contribution in [3.8, 4) is 0 Å². The summed E-state index contributed by atoms with van der Waals surface area (Å²) >= 11 is 0. The lowest BCUT2D eigenvalue weighted by Gasteiger charge is -2.31. The molecule has 64 valence electrons. The van der Waals surface area contributed by atoms with Crippen molar-refractivity contribution in [3.05, 3.63) is 0 Å². The number of carbonyl (C=O) groups excluding carboxylic acids is 1. The van der Waals surface area contributed by atoms with E-state index in [1.165, 1.54) is 0 Å². The van der Waals surface area contributed by atoms with E-state index in [2.05, 4.69) is 0 Å². The standard InChI is InChI=1S/C9H16O2/c1-7(10)8-3-5-9(2,11)6-4-8/h8,11H,3-6H2,1-2H3. The molecule has 1 aliphatic carbocycles. The van der Waals surface area contributed by atoms with Crippen molar-refractivity contribution in [2.45, 2.75) is 45.1 Å². The molecule has 11 heavy (non-hydrogen) atoms. The summed E-state index contributed by atoms with van der Waals surface area (Å²) in [6, 6.07) is 0. The quantitative estimate of drug-likeness (QED) is 0.625. The number of Topliss-reactive ketones (excluding diaryl/α,β-unsaturated/α-hetero) is 1. The van der Waals surface area contributed by atoms with E-state index in [-0.39, 0.29) is 11.7 Å².